The van der Waals surface area contributed by atoms with Crippen LogP contribution in [0.15, 0.2) is 17.1 Å². The molecular formula is C13H15NO3. The van der Waals surface area contributed by atoms with Gasteiger partial charge in [0.05, 0.1) is 0 Å². The minimum absolute atomic E-state index is 0.0332. The summed E-state index contributed by atoms with van der Waals surface area (Å²) in [6.45, 7) is 1.64. The van der Waals surface area contributed by atoms with Gasteiger partial charge in [-0.25, -0.2) is 4.79 Å². The molecule has 4 nitrogen and oxygen atoms in total. The van der Waals surface area contributed by atoms with Crippen LogP contribution in [0.25, 0.3) is 0 Å². The van der Waals surface area contributed by atoms with Crippen molar-refractivity contribution in [2.24, 2.45) is 4.99 Å². The first-order valence-corrected chi connectivity index (χ1v) is 5.72. The minimum atomic E-state index is -0.649. The van der Waals surface area contributed by atoms with Gasteiger partial charge in [-0.15, -0.1) is 0 Å². The van der Waals surface area contributed by atoms with E-state index in [1.54, 1.807) is 19.1 Å². The SMILES string of the molecule is Cc1c(O)ccc(C2(N=C=O)CCCC2)c1O. The van der Waals surface area contributed by atoms with Gasteiger partial charge in [0, 0.05) is 11.1 Å². The summed E-state index contributed by atoms with van der Waals surface area (Å²) in [7, 11) is 0. The van der Waals surface area contributed by atoms with Crippen molar-refractivity contribution in [2.45, 2.75) is 38.1 Å². The van der Waals surface area contributed by atoms with Crippen molar-refractivity contribution in [3.63, 3.8) is 0 Å². The largest absolute Gasteiger partial charge is 0.508 e. The Bertz CT molecular complexity index is 484. The van der Waals surface area contributed by atoms with Crippen molar-refractivity contribution in [1.82, 2.24) is 0 Å². The number of phenols is 2. The van der Waals surface area contributed by atoms with Gasteiger partial charge in [0.2, 0.25) is 6.08 Å². The summed E-state index contributed by atoms with van der Waals surface area (Å²) in [5.74, 6) is 0.0837. The average Bonchev–Trinajstić information content (AvgIpc) is 2.76. The topological polar surface area (TPSA) is 69.9 Å². The maximum Gasteiger partial charge on any atom is 0.235 e. The highest BCUT2D eigenvalue weighted by Crippen LogP contribution is 2.47. The molecule has 17 heavy (non-hydrogen) atoms. The van der Waals surface area contributed by atoms with Crippen molar-refractivity contribution in [1.29, 1.82) is 0 Å². The van der Waals surface area contributed by atoms with Gasteiger partial charge in [-0.2, -0.15) is 4.99 Å². The number of nitrogens with zero attached hydrogens (tertiary/aromatic N) is 1. The maximum atomic E-state index is 10.6. The molecule has 1 aliphatic rings. The third-order valence-electron chi connectivity index (χ3n) is 3.59. The number of phenolic OH excluding ortho intramolecular Hbond substituents is 2. The van der Waals surface area contributed by atoms with Crippen molar-refractivity contribution in [2.75, 3.05) is 0 Å². The molecule has 0 unspecified atom stereocenters. The molecule has 0 spiro atoms. The fourth-order valence-electron chi connectivity index (χ4n) is 2.55. The summed E-state index contributed by atoms with van der Waals surface area (Å²) in [6, 6.07) is 3.18. The lowest BCUT2D eigenvalue weighted by molar-refractivity contribution is 0.398. The first-order chi connectivity index (χ1) is 8.10. The first-order valence-electron chi connectivity index (χ1n) is 5.72. The molecule has 0 bridgehead atoms. The van der Waals surface area contributed by atoms with Crippen LogP contribution in [0.4, 0.5) is 0 Å². The normalized spacial score (nSPS) is 17.7. The van der Waals surface area contributed by atoms with E-state index >= 15 is 0 Å². The molecule has 1 aromatic rings. The van der Waals surface area contributed by atoms with Gasteiger partial charge in [0.15, 0.2) is 0 Å². The molecule has 0 heterocycles. The standard InChI is InChI=1S/C13H15NO3/c1-9-11(16)5-4-10(12(9)17)13(14-8-15)6-2-3-7-13/h4-5,16-17H,2-3,6-7H2,1H3. The van der Waals surface area contributed by atoms with Gasteiger partial charge < -0.3 is 10.2 Å². The summed E-state index contributed by atoms with van der Waals surface area (Å²) >= 11 is 0. The van der Waals surface area contributed by atoms with Crippen LogP contribution in [0.1, 0.15) is 36.8 Å². The molecule has 0 atom stereocenters. The lowest BCUT2D eigenvalue weighted by Gasteiger charge is -2.24. The monoisotopic (exact) mass is 233 g/mol. The van der Waals surface area contributed by atoms with Gasteiger partial charge in [0.25, 0.3) is 0 Å². The predicted molar refractivity (Wildman–Crippen MR) is 62.8 cm³/mol. The molecule has 1 fully saturated rings. The van der Waals surface area contributed by atoms with Gasteiger partial charge in [-0.1, -0.05) is 12.8 Å². The van der Waals surface area contributed by atoms with Crippen molar-refractivity contribution in [3.8, 4) is 11.5 Å². The van der Waals surface area contributed by atoms with E-state index in [0.717, 1.165) is 25.7 Å². The second-order valence-electron chi connectivity index (χ2n) is 4.55. The maximum absolute atomic E-state index is 10.6. The van der Waals surface area contributed by atoms with Crippen LogP contribution in [0.3, 0.4) is 0 Å². The zero-order valence-electron chi connectivity index (χ0n) is 9.73. The Morgan fingerprint density at radius 3 is 2.53 bits per heavy atom. The van der Waals surface area contributed by atoms with E-state index in [9.17, 15) is 15.0 Å². The number of hydrogen-bond donors (Lipinski definition) is 2. The van der Waals surface area contributed by atoms with Crippen molar-refractivity contribution in [3.05, 3.63) is 23.3 Å². The zero-order chi connectivity index (χ0) is 12.5. The number of aromatic hydroxyl groups is 2. The Labute approximate surface area is 99.6 Å². The molecule has 90 valence electrons. The smallest absolute Gasteiger partial charge is 0.235 e. The van der Waals surface area contributed by atoms with Crippen LogP contribution >= 0.6 is 0 Å². The highest BCUT2D eigenvalue weighted by atomic mass is 16.3. The van der Waals surface area contributed by atoms with E-state index in [4.69, 9.17) is 0 Å². The van der Waals surface area contributed by atoms with Crippen molar-refractivity contribution < 1.29 is 15.0 Å². The summed E-state index contributed by atoms with van der Waals surface area (Å²) in [6.07, 6.45) is 5.04. The second-order valence-corrected chi connectivity index (χ2v) is 4.55. The van der Waals surface area contributed by atoms with Crippen LogP contribution in [-0.4, -0.2) is 16.3 Å². The Morgan fingerprint density at radius 1 is 1.29 bits per heavy atom. The van der Waals surface area contributed by atoms with Crippen LogP contribution < -0.4 is 0 Å². The summed E-state index contributed by atoms with van der Waals surface area (Å²) < 4.78 is 0. The Hall–Kier alpha value is -1.80. The van der Waals surface area contributed by atoms with Gasteiger partial charge in [0.1, 0.15) is 17.0 Å². The molecule has 4 heteroatoms. The predicted octanol–water partition coefficient (Wildman–Crippen LogP) is 2.51. The van der Waals surface area contributed by atoms with Crippen molar-refractivity contribution >= 4 is 6.08 Å². The molecule has 2 rings (SSSR count). The number of carbonyl (C=O) groups excluding carboxylic acids is 1. The number of isocyanates is 1. The van der Waals surface area contributed by atoms with Crippen LogP contribution in [0.2, 0.25) is 0 Å². The lowest BCUT2D eigenvalue weighted by atomic mass is 9.87. The number of hydrogen-bond acceptors (Lipinski definition) is 4. The van der Waals surface area contributed by atoms with Crippen LogP contribution in [-0.2, 0) is 10.3 Å². The van der Waals surface area contributed by atoms with Crippen LogP contribution in [0, 0.1) is 6.92 Å². The highest BCUT2D eigenvalue weighted by molar-refractivity contribution is 5.52. The van der Waals surface area contributed by atoms with Gasteiger partial charge >= 0.3 is 0 Å². The van der Waals surface area contributed by atoms with E-state index in [0.29, 0.717) is 11.1 Å². The fraction of sp³-hybridized carbons (Fsp3) is 0.462. The fourth-order valence-corrected chi connectivity index (χ4v) is 2.55. The lowest BCUT2D eigenvalue weighted by Crippen LogP contribution is -2.19. The molecule has 0 radical (unpaired) electrons. The summed E-state index contributed by atoms with van der Waals surface area (Å²) in [5.41, 5.74) is 0.396. The second kappa shape index (κ2) is 4.22. The van der Waals surface area contributed by atoms with E-state index in [1.807, 2.05) is 0 Å². The van der Waals surface area contributed by atoms with Gasteiger partial charge in [-0.05, 0) is 31.9 Å². The van der Waals surface area contributed by atoms with Crippen LogP contribution in [0.5, 0.6) is 11.5 Å². The molecule has 0 saturated heterocycles. The van der Waals surface area contributed by atoms with E-state index in [-0.39, 0.29) is 11.5 Å². The summed E-state index contributed by atoms with van der Waals surface area (Å²) in [5, 5.41) is 19.6. The highest BCUT2D eigenvalue weighted by Gasteiger charge is 2.38. The Balaban J connectivity index is 2.58. The van der Waals surface area contributed by atoms with Gasteiger partial charge in [-0.3, -0.25) is 0 Å². The average molecular weight is 233 g/mol. The third-order valence-corrected chi connectivity index (χ3v) is 3.59. The number of rotatable bonds is 2. The molecule has 0 amide bonds. The molecule has 1 aromatic carbocycles. The Morgan fingerprint density at radius 2 is 1.94 bits per heavy atom. The molecule has 1 saturated carbocycles. The molecular weight excluding hydrogens is 218 g/mol. The molecule has 1 aliphatic carbocycles. The van der Waals surface area contributed by atoms with E-state index in [2.05, 4.69) is 4.99 Å². The van der Waals surface area contributed by atoms with E-state index in [1.165, 1.54) is 6.07 Å². The third kappa shape index (κ3) is 1.81. The summed E-state index contributed by atoms with van der Waals surface area (Å²) in [4.78, 5) is 14.5. The molecule has 2 N–H and O–H groups in total. The first kappa shape index (κ1) is 11.7. The minimum Gasteiger partial charge on any atom is -0.508 e. The molecule has 0 aliphatic heterocycles. The molecule has 0 aromatic heterocycles. The zero-order valence-corrected chi connectivity index (χ0v) is 9.73. The Kier molecular flexibility index (Phi) is 2.90. The quantitative estimate of drug-likeness (QED) is 0.609. The number of aliphatic imine (C=N–C) groups is 1. The van der Waals surface area contributed by atoms with E-state index < -0.39 is 5.54 Å². The number of benzene rings is 1.